The number of aromatic amines is 2. The third kappa shape index (κ3) is 2.42. The third-order valence-corrected chi connectivity index (χ3v) is 4.32. The minimum Gasteiger partial charge on any atom is -0.344 e. The predicted octanol–water partition coefficient (Wildman–Crippen LogP) is 2.06. The Hall–Kier alpha value is -2.89. The molecule has 4 rings (SSSR count). The van der Waals surface area contributed by atoms with Gasteiger partial charge in [0.2, 0.25) is 5.56 Å². The van der Waals surface area contributed by atoms with Gasteiger partial charge in [-0.15, -0.1) is 0 Å². The van der Waals surface area contributed by atoms with Crippen LogP contribution >= 0.6 is 0 Å². The van der Waals surface area contributed by atoms with E-state index in [0.717, 1.165) is 41.4 Å². The summed E-state index contributed by atoms with van der Waals surface area (Å²) in [6.07, 6.45) is 2.62. The van der Waals surface area contributed by atoms with Gasteiger partial charge in [0.05, 0.1) is 11.6 Å². The number of pyridine rings is 1. The Morgan fingerprint density at radius 2 is 2.09 bits per heavy atom. The first kappa shape index (κ1) is 13.8. The number of H-pyrrole nitrogens is 2. The Morgan fingerprint density at radius 3 is 3.00 bits per heavy atom. The number of para-hydroxylation sites is 1. The van der Waals surface area contributed by atoms with Gasteiger partial charge in [-0.1, -0.05) is 18.2 Å². The van der Waals surface area contributed by atoms with Crippen LogP contribution in [-0.4, -0.2) is 21.1 Å². The Bertz CT molecular complexity index is 941. The molecule has 1 atom stereocenters. The van der Waals surface area contributed by atoms with Gasteiger partial charge in [-0.05, 0) is 37.0 Å². The van der Waals surface area contributed by atoms with E-state index in [-0.39, 0.29) is 17.5 Å². The van der Waals surface area contributed by atoms with E-state index in [1.165, 1.54) is 6.07 Å². The van der Waals surface area contributed by atoms with Crippen molar-refractivity contribution in [3.63, 3.8) is 0 Å². The van der Waals surface area contributed by atoms with E-state index in [4.69, 9.17) is 0 Å². The molecule has 2 heterocycles. The molecule has 3 N–H and O–H groups in total. The van der Waals surface area contributed by atoms with Crippen molar-refractivity contribution in [2.75, 3.05) is 0 Å². The lowest BCUT2D eigenvalue weighted by atomic mass is 9.91. The number of nitrogens with zero attached hydrogens (tertiary/aromatic N) is 1. The molecule has 3 aromatic rings. The number of fused-ring (bicyclic) bond motifs is 2. The number of carbonyl (C=O) groups excluding carboxylic acids is 1. The fourth-order valence-electron chi connectivity index (χ4n) is 3.21. The maximum atomic E-state index is 12.6. The second kappa shape index (κ2) is 5.39. The van der Waals surface area contributed by atoms with Gasteiger partial charge in [0, 0.05) is 17.1 Å². The number of amides is 1. The number of aryl methyl sites for hydroxylation is 1. The Kier molecular flexibility index (Phi) is 3.22. The van der Waals surface area contributed by atoms with Crippen LogP contribution in [0.5, 0.6) is 0 Å². The summed E-state index contributed by atoms with van der Waals surface area (Å²) >= 11 is 0. The fourth-order valence-corrected chi connectivity index (χ4v) is 3.21. The largest absolute Gasteiger partial charge is 0.344 e. The third-order valence-electron chi connectivity index (χ3n) is 4.32. The lowest BCUT2D eigenvalue weighted by Gasteiger charge is -2.25. The molecule has 0 fully saturated rings. The van der Waals surface area contributed by atoms with E-state index >= 15 is 0 Å². The first-order valence-corrected chi connectivity index (χ1v) is 7.68. The van der Waals surface area contributed by atoms with Crippen molar-refractivity contribution in [2.45, 2.75) is 25.3 Å². The number of hydrogen-bond acceptors (Lipinski definition) is 3. The average molecular weight is 308 g/mol. The maximum Gasteiger partial charge on any atom is 0.272 e. The molecule has 0 radical (unpaired) electrons. The Labute approximate surface area is 131 Å². The Morgan fingerprint density at radius 1 is 1.22 bits per heavy atom. The van der Waals surface area contributed by atoms with Gasteiger partial charge in [-0.2, -0.15) is 5.10 Å². The zero-order valence-electron chi connectivity index (χ0n) is 12.4. The number of rotatable bonds is 2. The molecule has 1 aromatic carbocycles. The van der Waals surface area contributed by atoms with Crippen LogP contribution in [0.1, 0.15) is 40.6 Å². The van der Waals surface area contributed by atoms with Gasteiger partial charge in [0.25, 0.3) is 5.91 Å². The van der Waals surface area contributed by atoms with Crippen LogP contribution in [0.4, 0.5) is 0 Å². The van der Waals surface area contributed by atoms with E-state index < -0.39 is 0 Å². The molecule has 0 bridgehead atoms. The first-order valence-electron chi connectivity index (χ1n) is 7.68. The molecule has 0 spiro atoms. The van der Waals surface area contributed by atoms with Crippen LogP contribution in [0.3, 0.4) is 0 Å². The summed E-state index contributed by atoms with van der Waals surface area (Å²) in [5.41, 5.74) is 3.04. The summed E-state index contributed by atoms with van der Waals surface area (Å²) in [7, 11) is 0. The lowest BCUT2D eigenvalue weighted by molar-refractivity contribution is 0.0929. The van der Waals surface area contributed by atoms with Crippen molar-refractivity contribution in [1.82, 2.24) is 20.5 Å². The second-order valence-corrected chi connectivity index (χ2v) is 5.79. The highest BCUT2D eigenvalue weighted by Gasteiger charge is 2.24. The molecule has 0 aliphatic heterocycles. The van der Waals surface area contributed by atoms with Crippen LogP contribution in [0.2, 0.25) is 0 Å². The number of carbonyl (C=O) groups is 1. The lowest BCUT2D eigenvalue weighted by Crippen LogP contribution is -2.32. The van der Waals surface area contributed by atoms with Crippen LogP contribution in [-0.2, 0) is 6.42 Å². The van der Waals surface area contributed by atoms with Crippen LogP contribution in [0.25, 0.3) is 10.9 Å². The average Bonchev–Trinajstić information content (AvgIpc) is 2.99. The molecule has 6 heteroatoms. The van der Waals surface area contributed by atoms with E-state index in [9.17, 15) is 9.59 Å². The predicted molar refractivity (Wildman–Crippen MR) is 86.3 cm³/mol. The van der Waals surface area contributed by atoms with Crippen molar-refractivity contribution >= 4 is 16.8 Å². The topological polar surface area (TPSA) is 90.6 Å². The zero-order valence-corrected chi connectivity index (χ0v) is 12.4. The highest BCUT2D eigenvalue weighted by molar-refractivity contribution is 6.04. The molecular weight excluding hydrogens is 292 g/mol. The van der Waals surface area contributed by atoms with Crippen molar-refractivity contribution in [3.8, 4) is 0 Å². The normalized spacial score (nSPS) is 17.0. The molecule has 116 valence electrons. The van der Waals surface area contributed by atoms with Gasteiger partial charge in [0.1, 0.15) is 0 Å². The van der Waals surface area contributed by atoms with Gasteiger partial charge >= 0.3 is 0 Å². The molecule has 1 aliphatic rings. The SMILES string of the molecule is O=C(N[C@H]1CCCc2[nH]c(=O)ccc21)c1n[nH]c2ccccc12. The zero-order chi connectivity index (χ0) is 15.8. The number of nitrogens with one attached hydrogen (secondary N) is 3. The van der Waals surface area contributed by atoms with Crippen molar-refractivity contribution in [2.24, 2.45) is 0 Å². The quantitative estimate of drug-likeness (QED) is 0.677. The standard InChI is InChI=1S/C17H16N4O2/c22-15-9-8-10-12(18-15)6-3-7-13(10)19-17(23)16-11-4-1-2-5-14(11)20-21-16/h1-2,4-5,8-9,13H,3,6-7H2,(H,18,22)(H,19,23)(H,20,21)/t13-/m0/s1. The maximum absolute atomic E-state index is 12.6. The number of hydrogen-bond donors (Lipinski definition) is 3. The molecule has 0 unspecified atom stereocenters. The van der Waals surface area contributed by atoms with E-state index in [2.05, 4.69) is 20.5 Å². The molecular formula is C17H16N4O2. The molecule has 2 aromatic heterocycles. The molecule has 23 heavy (non-hydrogen) atoms. The van der Waals surface area contributed by atoms with Crippen molar-refractivity contribution < 1.29 is 4.79 Å². The molecule has 1 amide bonds. The monoisotopic (exact) mass is 308 g/mol. The van der Waals surface area contributed by atoms with Crippen LogP contribution < -0.4 is 10.9 Å². The summed E-state index contributed by atoms with van der Waals surface area (Å²) < 4.78 is 0. The fraction of sp³-hybridized carbons (Fsp3) is 0.235. The minimum absolute atomic E-state index is 0.0986. The second-order valence-electron chi connectivity index (χ2n) is 5.79. The number of benzene rings is 1. The summed E-state index contributed by atoms with van der Waals surface area (Å²) in [5, 5.41) is 10.9. The van der Waals surface area contributed by atoms with E-state index in [1.54, 1.807) is 6.07 Å². The van der Waals surface area contributed by atoms with Gasteiger partial charge < -0.3 is 10.3 Å². The van der Waals surface area contributed by atoms with Gasteiger partial charge in [0.15, 0.2) is 5.69 Å². The van der Waals surface area contributed by atoms with Crippen molar-refractivity contribution in [1.29, 1.82) is 0 Å². The van der Waals surface area contributed by atoms with Crippen LogP contribution in [0.15, 0.2) is 41.2 Å². The first-order chi connectivity index (χ1) is 11.2. The van der Waals surface area contributed by atoms with E-state index in [0.29, 0.717) is 5.69 Å². The summed E-state index contributed by atoms with van der Waals surface area (Å²) in [6, 6.07) is 10.8. The highest BCUT2D eigenvalue weighted by Crippen LogP contribution is 2.28. The van der Waals surface area contributed by atoms with Gasteiger partial charge in [-0.3, -0.25) is 14.7 Å². The smallest absolute Gasteiger partial charge is 0.272 e. The van der Waals surface area contributed by atoms with Crippen molar-refractivity contribution in [3.05, 3.63) is 63.7 Å². The molecule has 0 saturated heterocycles. The molecule has 6 nitrogen and oxygen atoms in total. The summed E-state index contributed by atoms with van der Waals surface area (Å²) in [5.74, 6) is -0.202. The number of aromatic nitrogens is 3. The molecule has 1 aliphatic carbocycles. The van der Waals surface area contributed by atoms with Gasteiger partial charge in [-0.25, -0.2) is 0 Å². The highest BCUT2D eigenvalue weighted by atomic mass is 16.2. The van der Waals surface area contributed by atoms with Crippen LogP contribution in [0, 0.1) is 0 Å². The Balaban J connectivity index is 1.64. The van der Waals surface area contributed by atoms with E-state index in [1.807, 2.05) is 24.3 Å². The summed E-state index contributed by atoms with van der Waals surface area (Å²) in [4.78, 5) is 26.9. The minimum atomic E-state index is -0.202. The molecule has 0 saturated carbocycles. The summed E-state index contributed by atoms with van der Waals surface area (Å²) in [6.45, 7) is 0.